The highest BCUT2D eigenvalue weighted by molar-refractivity contribution is 14.1. The fourth-order valence-electron chi connectivity index (χ4n) is 2.66. The largest absolute Gasteiger partial charge is 0.342 e. The standard InChI is InChI=1S/C14H17IN2O3/c1-14(2)19-11-10(8-15)17(13(18)12(11)20-14)16-9-6-4-3-5-7-9/h3-7,10-12,16H,8H2,1-2H3. The van der Waals surface area contributed by atoms with E-state index in [9.17, 15) is 4.79 Å². The van der Waals surface area contributed by atoms with Crippen LogP contribution in [0.1, 0.15) is 13.8 Å². The lowest BCUT2D eigenvalue weighted by Crippen LogP contribution is -2.44. The van der Waals surface area contributed by atoms with Crippen molar-refractivity contribution in [3.63, 3.8) is 0 Å². The number of hydrogen-bond donors (Lipinski definition) is 1. The summed E-state index contributed by atoms with van der Waals surface area (Å²) in [6.45, 7) is 3.69. The maximum atomic E-state index is 12.5. The normalized spacial score (nSPS) is 31.4. The molecule has 2 aliphatic heterocycles. The van der Waals surface area contributed by atoms with E-state index in [1.165, 1.54) is 0 Å². The minimum Gasteiger partial charge on any atom is -0.342 e. The lowest BCUT2D eigenvalue weighted by Gasteiger charge is -2.29. The molecule has 2 saturated heterocycles. The summed E-state index contributed by atoms with van der Waals surface area (Å²) in [5.41, 5.74) is 4.05. The van der Waals surface area contributed by atoms with Gasteiger partial charge in [0.25, 0.3) is 5.91 Å². The quantitative estimate of drug-likeness (QED) is 0.637. The predicted molar refractivity (Wildman–Crippen MR) is 83.4 cm³/mol. The molecule has 20 heavy (non-hydrogen) atoms. The summed E-state index contributed by atoms with van der Waals surface area (Å²) in [7, 11) is 0. The smallest absolute Gasteiger partial charge is 0.273 e. The Hall–Kier alpha value is -0.860. The molecule has 3 rings (SSSR count). The second-order valence-electron chi connectivity index (χ2n) is 5.43. The van der Waals surface area contributed by atoms with Crippen LogP contribution in [0.4, 0.5) is 5.69 Å². The van der Waals surface area contributed by atoms with E-state index in [2.05, 4.69) is 28.0 Å². The van der Waals surface area contributed by atoms with Gasteiger partial charge in [0.2, 0.25) is 0 Å². The lowest BCUT2D eigenvalue weighted by molar-refractivity contribution is -0.170. The molecular formula is C14H17IN2O3. The van der Waals surface area contributed by atoms with Gasteiger partial charge in [0.15, 0.2) is 11.9 Å². The van der Waals surface area contributed by atoms with Gasteiger partial charge < -0.3 is 9.47 Å². The van der Waals surface area contributed by atoms with Crippen molar-refractivity contribution in [3.8, 4) is 0 Å². The summed E-state index contributed by atoms with van der Waals surface area (Å²) in [5.74, 6) is -0.750. The number of nitrogens with one attached hydrogen (secondary N) is 1. The van der Waals surface area contributed by atoms with Crippen LogP contribution in [0.5, 0.6) is 0 Å². The van der Waals surface area contributed by atoms with Crippen molar-refractivity contribution in [2.24, 2.45) is 0 Å². The Kier molecular flexibility index (Phi) is 3.64. The van der Waals surface area contributed by atoms with Gasteiger partial charge in [-0.25, -0.2) is 5.01 Å². The third-order valence-electron chi connectivity index (χ3n) is 3.50. The highest BCUT2D eigenvalue weighted by Gasteiger charge is 2.57. The highest BCUT2D eigenvalue weighted by atomic mass is 127. The Morgan fingerprint density at radius 2 is 2.00 bits per heavy atom. The zero-order valence-corrected chi connectivity index (χ0v) is 13.5. The number of carbonyl (C=O) groups is 1. The molecule has 0 radical (unpaired) electrons. The molecule has 1 aromatic carbocycles. The first-order chi connectivity index (χ1) is 9.52. The van der Waals surface area contributed by atoms with E-state index in [1.807, 2.05) is 44.2 Å². The summed E-state index contributed by atoms with van der Waals surface area (Å²) < 4.78 is 12.4. The number of anilines is 1. The molecule has 2 fully saturated rings. The first-order valence-corrected chi connectivity index (χ1v) is 8.11. The van der Waals surface area contributed by atoms with Crippen molar-refractivity contribution in [1.82, 2.24) is 5.01 Å². The van der Waals surface area contributed by atoms with Gasteiger partial charge in [-0.15, -0.1) is 0 Å². The number of carbonyl (C=O) groups excluding carboxylic acids is 1. The minimum absolute atomic E-state index is 0.0323. The van der Waals surface area contributed by atoms with Crippen LogP contribution in [0, 0.1) is 0 Å². The summed E-state index contributed by atoms with van der Waals surface area (Å²) >= 11 is 2.28. The molecule has 0 bridgehead atoms. The Balaban J connectivity index is 1.81. The molecule has 0 spiro atoms. The molecule has 2 aliphatic rings. The lowest BCUT2D eigenvalue weighted by atomic mass is 10.2. The first-order valence-electron chi connectivity index (χ1n) is 6.58. The van der Waals surface area contributed by atoms with Gasteiger partial charge in [0, 0.05) is 4.43 Å². The Labute approximate surface area is 131 Å². The number of amides is 1. The number of hydrazine groups is 1. The Bertz CT molecular complexity index is 508. The fraction of sp³-hybridized carbons (Fsp3) is 0.500. The van der Waals surface area contributed by atoms with Gasteiger partial charge in [-0.2, -0.15) is 0 Å². The van der Waals surface area contributed by atoms with Gasteiger partial charge in [-0.3, -0.25) is 10.2 Å². The summed E-state index contributed by atoms with van der Waals surface area (Å²) in [4.78, 5) is 12.5. The molecule has 5 nitrogen and oxygen atoms in total. The highest BCUT2D eigenvalue weighted by Crippen LogP contribution is 2.38. The van der Waals surface area contributed by atoms with E-state index >= 15 is 0 Å². The summed E-state index contributed by atoms with van der Waals surface area (Å²) in [6, 6.07) is 9.62. The maximum absolute atomic E-state index is 12.5. The molecule has 1 aromatic rings. The number of halogens is 1. The third kappa shape index (κ3) is 2.40. The van der Waals surface area contributed by atoms with Crippen molar-refractivity contribution >= 4 is 34.2 Å². The molecule has 0 saturated carbocycles. The van der Waals surface area contributed by atoms with Crippen LogP contribution in [-0.2, 0) is 14.3 Å². The number of benzene rings is 1. The number of hydrogen-bond acceptors (Lipinski definition) is 4. The molecule has 6 heteroatoms. The SMILES string of the molecule is CC1(C)OC2C(=O)N(Nc3ccccc3)C(CI)C2O1. The van der Waals surface area contributed by atoms with Crippen LogP contribution in [0.2, 0.25) is 0 Å². The van der Waals surface area contributed by atoms with E-state index in [0.717, 1.165) is 10.1 Å². The average Bonchev–Trinajstić information content (AvgIpc) is 2.85. The molecular weight excluding hydrogens is 371 g/mol. The maximum Gasteiger partial charge on any atom is 0.273 e. The molecule has 3 unspecified atom stereocenters. The second kappa shape index (κ2) is 5.16. The van der Waals surface area contributed by atoms with Crippen LogP contribution in [0.3, 0.4) is 0 Å². The molecule has 108 valence electrons. The van der Waals surface area contributed by atoms with Crippen LogP contribution in [0.25, 0.3) is 0 Å². The fourth-order valence-corrected chi connectivity index (χ4v) is 3.55. The number of nitrogens with zero attached hydrogens (tertiary/aromatic N) is 1. The minimum atomic E-state index is -0.687. The van der Waals surface area contributed by atoms with Gasteiger partial charge in [-0.05, 0) is 26.0 Å². The molecule has 0 aromatic heterocycles. The Morgan fingerprint density at radius 1 is 1.30 bits per heavy atom. The monoisotopic (exact) mass is 388 g/mol. The first kappa shape index (κ1) is 14.1. The van der Waals surface area contributed by atoms with Crippen molar-refractivity contribution < 1.29 is 14.3 Å². The molecule has 1 amide bonds. The van der Waals surface area contributed by atoms with E-state index < -0.39 is 11.9 Å². The second-order valence-corrected chi connectivity index (χ2v) is 6.31. The van der Waals surface area contributed by atoms with Crippen LogP contribution < -0.4 is 5.43 Å². The molecule has 1 N–H and O–H groups in total. The van der Waals surface area contributed by atoms with Crippen LogP contribution in [-0.4, -0.2) is 39.4 Å². The van der Waals surface area contributed by atoms with E-state index in [-0.39, 0.29) is 18.1 Å². The van der Waals surface area contributed by atoms with E-state index in [0.29, 0.717) is 0 Å². The molecule has 2 heterocycles. The van der Waals surface area contributed by atoms with Crippen LogP contribution in [0.15, 0.2) is 30.3 Å². The average molecular weight is 388 g/mol. The van der Waals surface area contributed by atoms with Crippen molar-refractivity contribution in [2.75, 3.05) is 9.85 Å². The number of ether oxygens (including phenoxy) is 2. The van der Waals surface area contributed by atoms with Crippen LogP contribution >= 0.6 is 22.6 Å². The number of para-hydroxylation sites is 1. The number of alkyl halides is 1. The summed E-state index contributed by atoms with van der Waals surface area (Å²) in [5, 5.41) is 1.65. The van der Waals surface area contributed by atoms with E-state index in [1.54, 1.807) is 5.01 Å². The van der Waals surface area contributed by atoms with Gasteiger partial charge in [-0.1, -0.05) is 40.8 Å². The third-order valence-corrected chi connectivity index (χ3v) is 4.40. The number of rotatable bonds is 3. The molecule has 0 aliphatic carbocycles. The Morgan fingerprint density at radius 3 is 2.65 bits per heavy atom. The topological polar surface area (TPSA) is 50.8 Å². The summed E-state index contributed by atoms with van der Waals surface area (Å²) in [6.07, 6.45) is -0.730. The zero-order chi connectivity index (χ0) is 14.3. The van der Waals surface area contributed by atoms with Gasteiger partial charge >= 0.3 is 0 Å². The van der Waals surface area contributed by atoms with Crippen molar-refractivity contribution in [3.05, 3.63) is 30.3 Å². The van der Waals surface area contributed by atoms with Crippen molar-refractivity contribution in [1.29, 1.82) is 0 Å². The zero-order valence-electron chi connectivity index (χ0n) is 11.4. The predicted octanol–water partition coefficient (Wildman–Crippen LogP) is 2.18. The number of fused-ring (bicyclic) bond motifs is 1. The van der Waals surface area contributed by atoms with Gasteiger partial charge in [0.05, 0.1) is 11.7 Å². The van der Waals surface area contributed by atoms with Gasteiger partial charge in [0.1, 0.15) is 6.10 Å². The van der Waals surface area contributed by atoms with E-state index in [4.69, 9.17) is 9.47 Å². The van der Waals surface area contributed by atoms with Crippen molar-refractivity contribution in [2.45, 2.75) is 37.9 Å². The molecule has 3 atom stereocenters.